The second-order valence-electron chi connectivity index (χ2n) is 5.87. The predicted octanol–water partition coefficient (Wildman–Crippen LogP) is 1.67. The smallest absolute Gasteiger partial charge is 0.325 e. The van der Waals surface area contributed by atoms with Gasteiger partial charge in [-0.15, -0.1) is 0 Å². The van der Waals surface area contributed by atoms with Gasteiger partial charge in [0.25, 0.3) is 11.8 Å². The standard InChI is InChI=1S/C17H20ClN3O4/c1-11(2)17(3,10-19)21-14(22)9-25-15(23)8-20-16(24)12-4-6-13(18)7-5-12/h4-7,11H,8-9H2,1-3H3,(H,20,24)(H,21,22)/t17-/m0/s1. The maximum Gasteiger partial charge on any atom is 0.325 e. The lowest BCUT2D eigenvalue weighted by atomic mass is 9.90. The van der Waals surface area contributed by atoms with E-state index in [0.29, 0.717) is 10.6 Å². The average molecular weight is 366 g/mol. The topological polar surface area (TPSA) is 108 Å². The highest BCUT2D eigenvalue weighted by Gasteiger charge is 2.30. The maximum absolute atomic E-state index is 11.8. The molecule has 0 saturated heterocycles. The lowest BCUT2D eigenvalue weighted by Crippen LogP contribution is -2.50. The highest BCUT2D eigenvalue weighted by molar-refractivity contribution is 6.30. The Bertz CT molecular complexity index is 682. The van der Waals surface area contributed by atoms with Gasteiger partial charge in [0.2, 0.25) is 0 Å². The molecule has 0 fully saturated rings. The van der Waals surface area contributed by atoms with Crippen LogP contribution in [0.3, 0.4) is 0 Å². The fourth-order valence-corrected chi connectivity index (χ4v) is 1.81. The van der Waals surface area contributed by atoms with Crippen LogP contribution in [0.2, 0.25) is 5.02 Å². The molecule has 7 nitrogen and oxygen atoms in total. The molecule has 1 atom stereocenters. The van der Waals surface area contributed by atoms with Crippen molar-refractivity contribution in [1.29, 1.82) is 5.26 Å². The van der Waals surface area contributed by atoms with E-state index in [0.717, 1.165) is 0 Å². The van der Waals surface area contributed by atoms with Crippen molar-refractivity contribution in [2.24, 2.45) is 5.92 Å². The van der Waals surface area contributed by atoms with E-state index in [2.05, 4.69) is 10.6 Å². The van der Waals surface area contributed by atoms with E-state index in [1.54, 1.807) is 32.9 Å². The zero-order chi connectivity index (χ0) is 19.0. The molecule has 2 N–H and O–H groups in total. The minimum Gasteiger partial charge on any atom is -0.454 e. The van der Waals surface area contributed by atoms with Crippen molar-refractivity contribution in [3.05, 3.63) is 34.9 Å². The third-order valence-electron chi connectivity index (χ3n) is 3.65. The molecule has 1 rings (SSSR count). The highest BCUT2D eigenvalue weighted by atomic mass is 35.5. The van der Waals surface area contributed by atoms with Gasteiger partial charge in [0.05, 0.1) is 6.07 Å². The molecule has 0 unspecified atom stereocenters. The minimum atomic E-state index is -1.05. The lowest BCUT2D eigenvalue weighted by Gasteiger charge is -2.27. The molecule has 8 heteroatoms. The first-order chi connectivity index (χ1) is 11.7. The molecule has 0 bridgehead atoms. The van der Waals surface area contributed by atoms with Gasteiger partial charge in [-0.3, -0.25) is 14.4 Å². The number of carbonyl (C=O) groups is 3. The number of benzene rings is 1. The Morgan fingerprint density at radius 2 is 1.88 bits per heavy atom. The summed E-state index contributed by atoms with van der Waals surface area (Å²) < 4.78 is 4.78. The second kappa shape index (κ2) is 9.04. The number of rotatable bonds is 7. The van der Waals surface area contributed by atoms with Crippen LogP contribution in [-0.4, -0.2) is 36.5 Å². The fraction of sp³-hybridized carbons (Fsp3) is 0.412. The summed E-state index contributed by atoms with van der Waals surface area (Å²) >= 11 is 5.73. The van der Waals surface area contributed by atoms with Crippen LogP contribution in [0.25, 0.3) is 0 Å². The van der Waals surface area contributed by atoms with Crippen LogP contribution in [0.5, 0.6) is 0 Å². The second-order valence-corrected chi connectivity index (χ2v) is 6.30. The summed E-state index contributed by atoms with van der Waals surface area (Å²) in [4.78, 5) is 35.2. The van der Waals surface area contributed by atoms with Crippen molar-refractivity contribution in [2.75, 3.05) is 13.2 Å². The molecule has 1 aromatic carbocycles. The van der Waals surface area contributed by atoms with E-state index in [9.17, 15) is 14.4 Å². The third kappa shape index (κ3) is 6.43. The summed E-state index contributed by atoms with van der Waals surface area (Å²) in [6, 6.07) is 8.17. The van der Waals surface area contributed by atoms with Crippen molar-refractivity contribution < 1.29 is 19.1 Å². The van der Waals surface area contributed by atoms with E-state index in [1.165, 1.54) is 12.1 Å². The van der Waals surface area contributed by atoms with Gasteiger partial charge in [0, 0.05) is 10.6 Å². The van der Waals surface area contributed by atoms with Gasteiger partial charge < -0.3 is 15.4 Å². The monoisotopic (exact) mass is 365 g/mol. The molecule has 0 radical (unpaired) electrons. The van der Waals surface area contributed by atoms with Gasteiger partial charge in [-0.25, -0.2) is 0 Å². The van der Waals surface area contributed by atoms with E-state index in [1.807, 2.05) is 6.07 Å². The van der Waals surface area contributed by atoms with E-state index < -0.39 is 29.9 Å². The van der Waals surface area contributed by atoms with Gasteiger partial charge in [0.15, 0.2) is 6.61 Å². The molecule has 0 spiro atoms. The van der Waals surface area contributed by atoms with E-state index in [-0.39, 0.29) is 12.5 Å². The third-order valence-corrected chi connectivity index (χ3v) is 3.90. The molecule has 0 aliphatic carbocycles. The number of nitriles is 1. The first-order valence-electron chi connectivity index (χ1n) is 7.59. The number of ether oxygens (including phenoxy) is 1. The normalized spacial score (nSPS) is 12.6. The molecule has 0 aliphatic heterocycles. The Kier molecular flexibility index (Phi) is 7.40. The number of amides is 2. The molecule has 0 aromatic heterocycles. The average Bonchev–Trinajstić information content (AvgIpc) is 2.58. The Labute approximate surface area is 151 Å². The van der Waals surface area contributed by atoms with E-state index >= 15 is 0 Å². The van der Waals surface area contributed by atoms with Crippen LogP contribution in [0, 0.1) is 17.2 Å². The van der Waals surface area contributed by atoms with Crippen LogP contribution in [0.1, 0.15) is 31.1 Å². The molecule has 0 saturated carbocycles. The number of hydrogen-bond acceptors (Lipinski definition) is 5. The van der Waals surface area contributed by atoms with Crippen LogP contribution >= 0.6 is 11.6 Å². The van der Waals surface area contributed by atoms with Crippen LogP contribution in [0.15, 0.2) is 24.3 Å². The zero-order valence-corrected chi connectivity index (χ0v) is 15.0. The number of nitrogens with zero attached hydrogens (tertiary/aromatic N) is 1. The summed E-state index contributed by atoms with van der Waals surface area (Å²) in [5.74, 6) is -1.93. The zero-order valence-electron chi connectivity index (χ0n) is 14.3. The Balaban J connectivity index is 2.40. The Morgan fingerprint density at radius 1 is 1.28 bits per heavy atom. The number of esters is 1. The summed E-state index contributed by atoms with van der Waals surface area (Å²) in [5.41, 5.74) is -0.705. The van der Waals surface area contributed by atoms with Crippen molar-refractivity contribution in [1.82, 2.24) is 10.6 Å². The van der Waals surface area contributed by atoms with Gasteiger partial charge in [-0.2, -0.15) is 5.26 Å². The van der Waals surface area contributed by atoms with Crippen molar-refractivity contribution >= 4 is 29.4 Å². The first kappa shape index (κ1) is 20.5. The van der Waals surface area contributed by atoms with Crippen LogP contribution in [0.4, 0.5) is 0 Å². The first-order valence-corrected chi connectivity index (χ1v) is 7.97. The molecule has 25 heavy (non-hydrogen) atoms. The molecule has 134 valence electrons. The lowest BCUT2D eigenvalue weighted by molar-refractivity contribution is -0.147. The molecular weight excluding hydrogens is 346 g/mol. The molecule has 0 aliphatic rings. The van der Waals surface area contributed by atoms with Gasteiger partial charge in [0.1, 0.15) is 12.1 Å². The minimum absolute atomic E-state index is 0.115. The van der Waals surface area contributed by atoms with Crippen molar-refractivity contribution in [2.45, 2.75) is 26.3 Å². The molecule has 2 amide bonds. The number of carbonyl (C=O) groups excluding carboxylic acids is 3. The van der Waals surface area contributed by atoms with Gasteiger partial charge in [-0.1, -0.05) is 25.4 Å². The van der Waals surface area contributed by atoms with Gasteiger partial charge >= 0.3 is 5.97 Å². The van der Waals surface area contributed by atoms with Crippen LogP contribution in [-0.2, 0) is 14.3 Å². The molecule has 0 heterocycles. The summed E-state index contributed by atoms with van der Waals surface area (Å²) in [6.07, 6.45) is 0. The number of hydrogen-bond donors (Lipinski definition) is 2. The van der Waals surface area contributed by atoms with Crippen molar-refractivity contribution in [3.8, 4) is 6.07 Å². The van der Waals surface area contributed by atoms with Crippen LogP contribution < -0.4 is 10.6 Å². The number of nitrogens with one attached hydrogen (secondary N) is 2. The highest BCUT2D eigenvalue weighted by Crippen LogP contribution is 2.14. The Morgan fingerprint density at radius 3 is 2.40 bits per heavy atom. The SMILES string of the molecule is CC(C)[C@](C)(C#N)NC(=O)COC(=O)CNC(=O)c1ccc(Cl)cc1. The van der Waals surface area contributed by atoms with E-state index in [4.69, 9.17) is 21.6 Å². The molecular formula is C17H20ClN3O4. The summed E-state index contributed by atoms with van der Waals surface area (Å²) in [7, 11) is 0. The van der Waals surface area contributed by atoms with Gasteiger partial charge in [-0.05, 0) is 37.1 Å². The Hall–Kier alpha value is -2.59. The molecule has 1 aromatic rings. The summed E-state index contributed by atoms with van der Waals surface area (Å²) in [6.45, 7) is 4.27. The largest absolute Gasteiger partial charge is 0.454 e. The quantitative estimate of drug-likeness (QED) is 0.714. The van der Waals surface area contributed by atoms with Crippen molar-refractivity contribution in [3.63, 3.8) is 0 Å². The fourth-order valence-electron chi connectivity index (χ4n) is 1.68. The number of halogens is 1. The summed E-state index contributed by atoms with van der Waals surface area (Å²) in [5, 5.41) is 14.5. The maximum atomic E-state index is 11.8. The predicted molar refractivity (Wildman–Crippen MR) is 91.7 cm³/mol.